The van der Waals surface area contributed by atoms with Crippen LogP contribution in [0, 0.1) is 11.3 Å². The highest BCUT2D eigenvalue weighted by molar-refractivity contribution is 5.63. The molecule has 1 heterocycles. The molecule has 21 heavy (non-hydrogen) atoms. The molecule has 4 heteroatoms. The van der Waals surface area contributed by atoms with Crippen LogP contribution in [0.4, 0.5) is 11.5 Å². The van der Waals surface area contributed by atoms with Crippen molar-refractivity contribution < 1.29 is 0 Å². The Hall–Kier alpha value is -3.06. The molecule has 0 radical (unpaired) electrons. The van der Waals surface area contributed by atoms with Gasteiger partial charge >= 0.3 is 0 Å². The molecule has 0 atom stereocenters. The van der Waals surface area contributed by atoms with E-state index in [1.165, 1.54) is 0 Å². The van der Waals surface area contributed by atoms with Crippen LogP contribution >= 0.6 is 0 Å². The van der Waals surface area contributed by atoms with Crippen molar-refractivity contribution in [2.24, 2.45) is 0 Å². The molecule has 2 rings (SSSR count). The summed E-state index contributed by atoms with van der Waals surface area (Å²) in [6.07, 6.45) is 9.03. The van der Waals surface area contributed by atoms with E-state index >= 15 is 0 Å². The SMILES string of the molecule is C=CC=CC=C(C)n1cc(C#N)c(Nc2ccccc2)n1. The first-order valence-corrected chi connectivity index (χ1v) is 6.53. The zero-order valence-corrected chi connectivity index (χ0v) is 11.8. The minimum atomic E-state index is 0.499. The molecule has 0 fully saturated rings. The summed E-state index contributed by atoms with van der Waals surface area (Å²) in [5, 5.41) is 16.8. The number of nitrogens with one attached hydrogen (secondary N) is 1. The number of benzene rings is 1. The largest absolute Gasteiger partial charge is 0.338 e. The number of rotatable bonds is 5. The molecule has 0 aliphatic rings. The topological polar surface area (TPSA) is 53.6 Å². The molecule has 0 amide bonds. The summed E-state index contributed by atoms with van der Waals surface area (Å²) in [5.74, 6) is 0.546. The highest BCUT2D eigenvalue weighted by Crippen LogP contribution is 2.20. The van der Waals surface area contributed by atoms with Gasteiger partial charge in [-0.2, -0.15) is 5.26 Å². The molecule has 2 aromatic rings. The van der Waals surface area contributed by atoms with Crippen LogP contribution in [0.1, 0.15) is 12.5 Å². The van der Waals surface area contributed by atoms with Crippen molar-refractivity contribution in [2.45, 2.75) is 6.92 Å². The van der Waals surface area contributed by atoms with Gasteiger partial charge in [-0.15, -0.1) is 5.10 Å². The fourth-order valence-electron chi connectivity index (χ4n) is 1.74. The molecule has 0 saturated heterocycles. The average molecular weight is 276 g/mol. The lowest BCUT2D eigenvalue weighted by atomic mass is 10.3. The van der Waals surface area contributed by atoms with Gasteiger partial charge in [0.15, 0.2) is 5.82 Å². The lowest BCUT2D eigenvalue weighted by Crippen LogP contribution is -1.96. The summed E-state index contributed by atoms with van der Waals surface area (Å²) < 4.78 is 1.68. The van der Waals surface area contributed by atoms with Crippen LogP contribution in [-0.4, -0.2) is 9.78 Å². The van der Waals surface area contributed by atoms with Gasteiger partial charge in [-0.05, 0) is 25.1 Å². The Morgan fingerprint density at radius 1 is 1.33 bits per heavy atom. The van der Waals surface area contributed by atoms with Gasteiger partial charge in [0.25, 0.3) is 0 Å². The number of allylic oxidation sites excluding steroid dienone is 5. The molecule has 104 valence electrons. The van der Waals surface area contributed by atoms with E-state index in [2.05, 4.69) is 23.1 Å². The van der Waals surface area contributed by atoms with Crippen LogP contribution in [0.2, 0.25) is 0 Å². The molecular weight excluding hydrogens is 260 g/mol. The molecule has 0 aliphatic carbocycles. The summed E-state index contributed by atoms with van der Waals surface area (Å²) in [5.41, 5.74) is 2.30. The Morgan fingerprint density at radius 3 is 2.76 bits per heavy atom. The van der Waals surface area contributed by atoms with Gasteiger partial charge in [0.2, 0.25) is 0 Å². The highest BCUT2D eigenvalue weighted by atomic mass is 15.3. The number of aromatic nitrogens is 2. The minimum absolute atomic E-state index is 0.499. The lowest BCUT2D eigenvalue weighted by Gasteiger charge is -2.03. The number of para-hydroxylation sites is 1. The predicted molar refractivity (Wildman–Crippen MR) is 86.0 cm³/mol. The van der Waals surface area contributed by atoms with E-state index in [-0.39, 0.29) is 0 Å². The molecule has 0 bridgehead atoms. The third kappa shape index (κ3) is 3.71. The number of hydrogen-bond donors (Lipinski definition) is 1. The van der Waals surface area contributed by atoms with Crippen LogP contribution in [-0.2, 0) is 0 Å². The van der Waals surface area contributed by atoms with Crippen LogP contribution in [0.25, 0.3) is 5.70 Å². The normalized spacial score (nSPS) is 11.3. The summed E-state index contributed by atoms with van der Waals surface area (Å²) in [6, 6.07) is 11.8. The monoisotopic (exact) mass is 276 g/mol. The van der Waals surface area contributed by atoms with Crippen molar-refractivity contribution >= 4 is 17.2 Å². The Bertz CT molecular complexity index is 715. The molecule has 4 nitrogen and oxygen atoms in total. The quantitative estimate of drug-likeness (QED) is 0.836. The van der Waals surface area contributed by atoms with E-state index in [0.29, 0.717) is 11.4 Å². The van der Waals surface area contributed by atoms with Crippen molar-refractivity contribution in [2.75, 3.05) is 5.32 Å². The number of nitriles is 1. The van der Waals surface area contributed by atoms with Gasteiger partial charge in [0.1, 0.15) is 11.6 Å². The van der Waals surface area contributed by atoms with Crippen LogP contribution in [0.3, 0.4) is 0 Å². The van der Waals surface area contributed by atoms with Gasteiger partial charge in [0, 0.05) is 11.4 Å². The second-order valence-corrected chi connectivity index (χ2v) is 4.37. The fraction of sp³-hybridized carbons (Fsp3) is 0.0588. The second kappa shape index (κ2) is 6.92. The molecule has 0 unspecified atom stereocenters. The van der Waals surface area contributed by atoms with E-state index in [1.54, 1.807) is 17.0 Å². The van der Waals surface area contributed by atoms with Gasteiger partial charge in [-0.3, -0.25) is 0 Å². The Labute approximate surface area is 124 Å². The van der Waals surface area contributed by atoms with Gasteiger partial charge < -0.3 is 5.32 Å². The third-order valence-corrected chi connectivity index (χ3v) is 2.82. The standard InChI is InChI=1S/C17H16N4/c1-3-4-6-9-14(2)21-13-15(12-18)17(20-21)19-16-10-7-5-8-11-16/h3-11,13H,1H2,2H3,(H,19,20). The average Bonchev–Trinajstić information content (AvgIpc) is 2.91. The maximum absolute atomic E-state index is 9.22. The van der Waals surface area contributed by atoms with Crippen LogP contribution in [0.15, 0.2) is 67.4 Å². The van der Waals surface area contributed by atoms with E-state index in [4.69, 9.17) is 0 Å². The molecular formula is C17H16N4. The molecule has 0 spiro atoms. The molecule has 1 aromatic carbocycles. The van der Waals surface area contributed by atoms with Crippen LogP contribution in [0.5, 0.6) is 0 Å². The van der Waals surface area contributed by atoms with Crippen molar-refractivity contribution in [3.8, 4) is 6.07 Å². The number of hydrogen-bond acceptors (Lipinski definition) is 3. The van der Waals surface area contributed by atoms with E-state index < -0.39 is 0 Å². The van der Waals surface area contributed by atoms with E-state index in [1.807, 2.05) is 55.5 Å². The number of anilines is 2. The maximum Gasteiger partial charge on any atom is 0.170 e. The lowest BCUT2D eigenvalue weighted by molar-refractivity contribution is 0.899. The summed E-state index contributed by atoms with van der Waals surface area (Å²) in [6.45, 7) is 5.54. The fourth-order valence-corrected chi connectivity index (χ4v) is 1.74. The predicted octanol–water partition coefficient (Wildman–Crippen LogP) is 4.10. The number of nitrogens with zero attached hydrogens (tertiary/aromatic N) is 3. The van der Waals surface area contributed by atoms with E-state index in [9.17, 15) is 5.26 Å². The zero-order chi connectivity index (χ0) is 15.1. The van der Waals surface area contributed by atoms with Crippen molar-refractivity contribution in [1.82, 2.24) is 9.78 Å². The first-order valence-electron chi connectivity index (χ1n) is 6.53. The Kier molecular flexibility index (Phi) is 4.73. The van der Waals surface area contributed by atoms with Gasteiger partial charge in [-0.1, -0.05) is 43.0 Å². The van der Waals surface area contributed by atoms with Crippen molar-refractivity contribution in [1.29, 1.82) is 5.26 Å². The first kappa shape index (κ1) is 14.4. The molecule has 1 aromatic heterocycles. The molecule has 0 saturated carbocycles. The smallest absolute Gasteiger partial charge is 0.170 e. The molecule has 0 aliphatic heterocycles. The Morgan fingerprint density at radius 2 is 2.10 bits per heavy atom. The third-order valence-electron chi connectivity index (χ3n) is 2.82. The van der Waals surface area contributed by atoms with Crippen molar-refractivity contribution in [3.05, 3.63) is 73.0 Å². The van der Waals surface area contributed by atoms with Gasteiger partial charge in [0.05, 0.1) is 6.20 Å². The zero-order valence-electron chi connectivity index (χ0n) is 11.8. The van der Waals surface area contributed by atoms with Crippen molar-refractivity contribution in [3.63, 3.8) is 0 Å². The van der Waals surface area contributed by atoms with Crippen LogP contribution < -0.4 is 5.32 Å². The summed E-state index contributed by atoms with van der Waals surface area (Å²) in [7, 11) is 0. The highest BCUT2D eigenvalue weighted by Gasteiger charge is 2.09. The Balaban J connectivity index is 2.28. The maximum atomic E-state index is 9.22. The second-order valence-electron chi connectivity index (χ2n) is 4.37. The van der Waals surface area contributed by atoms with Gasteiger partial charge in [-0.25, -0.2) is 4.68 Å². The summed E-state index contributed by atoms with van der Waals surface area (Å²) >= 11 is 0. The summed E-state index contributed by atoms with van der Waals surface area (Å²) in [4.78, 5) is 0. The first-order chi connectivity index (χ1) is 10.2. The van der Waals surface area contributed by atoms with E-state index in [0.717, 1.165) is 11.4 Å². The molecule has 1 N–H and O–H groups in total. The minimum Gasteiger partial charge on any atom is -0.338 e.